The first-order valence-corrected chi connectivity index (χ1v) is 5.93. The second-order valence-corrected chi connectivity index (χ2v) is 5.39. The molecule has 0 bridgehead atoms. The van der Waals surface area contributed by atoms with Gasteiger partial charge in [0.2, 0.25) is 5.91 Å². The average molecular weight is 248 g/mol. The van der Waals surface area contributed by atoms with Crippen molar-refractivity contribution in [3.05, 3.63) is 39.9 Å². The van der Waals surface area contributed by atoms with E-state index in [2.05, 4.69) is 5.32 Å². The maximum absolute atomic E-state index is 11.6. The molecule has 5 nitrogen and oxygen atoms in total. The molecule has 0 spiro atoms. The van der Waals surface area contributed by atoms with Crippen molar-refractivity contribution in [2.75, 3.05) is 0 Å². The third-order valence-corrected chi connectivity index (χ3v) is 3.34. The molecule has 1 saturated heterocycles. The van der Waals surface area contributed by atoms with Crippen LogP contribution in [-0.4, -0.2) is 16.9 Å². The molecule has 1 aromatic carbocycles. The minimum Gasteiger partial charge on any atom is -0.353 e. The maximum atomic E-state index is 11.6. The monoisotopic (exact) mass is 248 g/mol. The molecule has 5 heteroatoms. The fourth-order valence-electron chi connectivity index (χ4n) is 2.30. The van der Waals surface area contributed by atoms with Crippen LogP contribution in [0.5, 0.6) is 0 Å². The predicted molar refractivity (Wildman–Crippen MR) is 67.1 cm³/mol. The minimum absolute atomic E-state index is 0.0782. The van der Waals surface area contributed by atoms with Gasteiger partial charge in [0.15, 0.2) is 0 Å². The van der Waals surface area contributed by atoms with E-state index in [1.54, 1.807) is 12.1 Å². The van der Waals surface area contributed by atoms with E-state index in [1.165, 1.54) is 12.1 Å². The van der Waals surface area contributed by atoms with Gasteiger partial charge in [0.25, 0.3) is 5.69 Å². The number of nitrogens with one attached hydrogen (secondary N) is 1. The summed E-state index contributed by atoms with van der Waals surface area (Å²) in [5, 5.41) is 13.5. The molecule has 1 atom stereocenters. The first-order chi connectivity index (χ1) is 8.38. The van der Waals surface area contributed by atoms with Crippen molar-refractivity contribution < 1.29 is 9.72 Å². The largest absolute Gasteiger partial charge is 0.353 e. The molecule has 1 aromatic rings. The Hall–Kier alpha value is -1.91. The van der Waals surface area contributed by atoms with Crippen LogP contribution in [0.3, 0.4) is 0 Å². The molecule has 0 radical (unpaired) electrons. The molecular weight excluding hydrogens is 232 g/mol. The second kappa shape index (κ2) is 4.40. The summed E-state index contributed by atoms with van der Waals surface area (Å²) < 4.78 is 0. The van der Waals surface area contributed by atoms with Gasteiger partial charge < -0.3 is 5.32 Å². The molecule has 1 fully saturated rings. The molecule has 1 aliphatic heterocycles. The zero-order valence-corrected chi connectivity index (χ0v) is 10.5. The number of rotatable bonds is 3. The van der Waals surface area contributed by atoms with Crippen molar-refractivity contribution in [2.24, 2.45) is 5.41 Å². The number of amides is 1. The van der Waals surface area contributed by atoms with Crippen molar-refractivity contribution in [1.29, 1.82) is 0 Å². The Balaban J connectivity index is 2.03. The van der Waals surface area contributed by atoms with Crippen LogP contribution in [0.4, 0.5) is 5.69 Å². The molecule has 1 N–H and O–H groups in total. The highest BCUT2D eigenvalue weighted by Gasteiger charge is 2.38. The molecule has 96 valence electrons. The van der Waals surface area contributed by atoms with Crippen LogP contribution in [-0.2, 0) is 11.2 Å². The molecule has 1 amide bonds. The number of hydrogen-bond acceptors (Lipinski definition) is 3. The van der Waals surface area contributed by atoms with Crippen molar-refractivity contribution in [2.45, 2.75) is 32.7 Å². The highest BCUT2D eigenvalue weighted by Crippen LogP contribution is 2.30. The van der Waals surface area contributed by atoms with E-state index in [-0.39, 0.29) is 23.1 Å². The summed E-state index contributed by atoms with van der Waals surface area (Å²) in [6.07, 6.45) is 1.51. The number of carbonyl (C=O) groups excluding carboxylic acids is 1. The van der Waals surface area contributed by atoms with Gasteiger partial charge in [0.1, 0.15) is 0 Å². The molecule has 2 rings (SSSR count). The van der Waals surface area contributed by atoms with Crippen LogP contribution in [0.1, 0.15) is 25.8 Å². The summed E-state index contributed by atoms with van der Waals surface area (Å²) in [6.45, 7) is 3.86. The third-order valence-electron chi connectivity index (χ3n) is 3.34. The maximum Gasteiger partial charge on any atom is 0.269 e. The van der Waals surface area contributed by atoms with Gasteiger partial charge in [-0.15, -0.1) is 0 Å². The van der Waals surface area contributed by atoms with Gasteiger partial charge in [0.05, 0.1) is 4.92 Å². The van der Waals surface area contributed by atoms with Crippen molar-refractivity contribution in [3.8, 4) is 0 Å². The lowest BCUT2D eigenvalue weighted by Crippen LogP contribution is -2.29. The molecule has 18 heavy (non-hydrogen) atoms. The Morgan fingerprint density at radius 2 is 2.00 bits per heavy atom. The van der Waals surface area contributed by atoms with Gasteiger partial charge in [-0.25, -0.2) is 0 Å². The molecule has 0 saturated carbocycles. The fourth-order valence-corrected chi connectivity index (χ4v) is 2.30. The first-order valence-electron chi connectivity index (χ1n) is 5.93. The molecule has 0 aromatic heterocycles. The van der Waals surface area contributed by atoms with Crippen LogP contribution in [0.15, 0.2) is 24.3 Å². The van der Waals surface area contributed by atoms with E-state index in [9.17, 15) is 14.9 Å². The zero-order valence-electron chi connectivity index (χ0n) is 10.5. The van der Waals surface area contributed by atoms with Crippen molar-refractivity contribution in [3.63, 3.8) is 0 Å². The van der Waals surface area contributed by atoms with Crippen molar-refractivity contribution in [1.82, 2.24) is 5.32 Å². The number of nitrogens with zero attached hydrogens (tertiary/aromatic N) is 1. The fraction of sp³-hybridized carbons (Fsp3) is 0.462. The summed E-state index contributed by atoms with van der Waals surface area (Å²) in [6, 6.07) is 6.61. The van der Waals surface area contributed by atoms with E-state index in [4.69, 9.17) is 0 Å². The second-order valence-electron chi connectivity index (χ2n) is 5.39. The highest BCUT2D eigenvalue weighted by molar-refractivity contribution is 5.84. The van der Waals surface area contributed by atoms with E-state index in [1.807, 2.05) is 13.8 Å². The molecule has 0 aliphatic carbocycles. The molecule has 1 heterocycles. The summed E-state index contributed by atoms with van der Waals surface area (Å²) in [5.74, 6) is 0.0782. The van der Waals surface area contributed by atoms with E-state index >= 15 is 0 Å². The summed E-state index contributed by atoms with van der Waals surface area (Å²) in [5.41, 5.74) is 0.781. The van der Waals surface area contributed by atoms with Gasteiger partial charge in [-0.1, -0.05) is 26.0 Å². The van der Waals surface area contributed by atoms with Crippen LogP contribution in [0, 0.1) is 15.5 Å². The number of non-ortho nitro benzene ring substituents is 1. The Bertz CT molecular complexity index is 480. The number of benzene rings is 1. The van der Waals surface area contributed by atoms with Gasteiger partial charge in [0, 0.05) is 23.6 Å². The summed E-state index contributed by atoms with van der Waals surface area (Å²) >= 11 is 0. The standard InChI is InChI=1S/C13H16N2O3/c1-13(2)8-10(14-12(13)16)7-9-3-5-11(6-4-9)15(17)18/h3-6,10H,7-8H2,1-2H3,(H,14,16)/t10-/m0/s1. The minimum atomic E-state index is -0.412. The van der Waals surface area contributed by atoms with E-state index < -0.39 is 4.92 Å². The Morgan fingerprint density at radius 1 is 1.39 bits per heavy atom. The quantitative estimate of drug-likeness (QED) is 0.657. The number of hydrogen-bond donors (Lipinski definition) is 1. The summed E-state index contributed by atoms with van der Waals surface area (Å²) in [7, 11) is 0. The molecule has 1 aliphatic rings. The Kier molecular flexibility index (Phi) is 3.07. The van der Waals surface area contributed by atoms with E-state index in [0.29, 0.717) is 6.42 Å². The van der Waals surface area contributed by atoms with Gasteiger partial charge in [-0.2, -0.15) is 0 Å². The highest BCUT2D eigenvalue weighted by atomic mass is 16.6. The number of carbonyl (C=O) groups is 1. The predicted octanol–water partition coefficient (Wildman–Crippen LogP) is 2.05. The van der Waals surface area contributed by atoms with Gasteiger partial charge in [-0.05, 0) is 18.4 Å². The average Bonchev–Trinajstić information content (AvgIpc) is 2.53. The molecular formula is C13H16N2O3. The van der Waals surface area contributed by atoms with Crippen LogP contribution in [0.2, 0.25) is 0 Å². The lowest BCUT2D eigenvalue weighted by atomic mass is 9.88. The Labute approximate surface area is 105 Å². The van der Waals surface area contributed by atoms with Gasteiger partial charge >= 0.3 is 0 Å². The zero-order chi connectivity index (χ0) is 13.3. The summed E-state index contributed by atoms with van der Waals surface area (Å²) in [4.78, 5) is 21.8. The lowest BCUT2D eigenvalue weighted by Gasteiger charge is -2.12. The van der Waals surface area contributed by atoms with Crippen molar-refractivity contribution >= 4 is 11.6 Å². The first kappa shape index (κ1) is 12.5. The van der Waals surface area contributed by atoms with Crippen LogP contribution >= 0.6 is 0 Å². The van der Waals surface area contributed by atoms with Gasteiger partial charge in [-0.3, -0.25) is 14.9 Å². The lowest BCUT2D eigenvalue weighted by molar-refractivity contribution is -0.384. The van der Waals surface area contributed by atoms with Crippen LogP contribution in [0.25, 0.3) is 0 Å². The third kappa shape index (κ3) is 2.50. The van der Waals surface area contributed by atoms with Crippen LogP contribution < -0.4 is 5.32 Å². The van der Waals surface area contributed by atoms with E-state index in [0.717, 1.165) is 12.0 Å². The number of nitro groups is 1. The topological polar surface area (TPSA) is 72.2 Å². The number of nitro benzene ring substituents is 1. The normalized spacial score (nSPS) is 21.7. The Morgan fingerprint density at radius 3 is 2.44 bits per heavy atom. The molecule has 0 unspecified atom stereocenters. The SMILES string of the molecule is CC1(C)C[C@H](Cc2ccc([N+](=O)[O-])cc2)NC1=O. The smallest absolute Gasteiger partial charge is 0.269 e.